The van der Waals surface area contributed by atoms with E-state index >= 15 is 0 Å². The van der Waals surface area contributed by atoms with Gasteiger partial charge in [-0.2, -0.15) is 13.2 Å². The number of aliphatic carboxylic acids is 1. The summed E-state index contributed by atoms with van der Waals surface area (Å²) in [6.45, 7) is 1.85. The number of carbonyl (C=O) groups excluding carboxylic acids is 1. The Morgan fingerprint density at radius 2 is 2.08 bits per heavy atom. The number of aromatic amines is 1. The molecule has 2 rings (SSSR count). The van der Waals surface area contributed by atoms with Crippen molar-refractivity contribution in [2.75, 3.05) is 18.1 Å². The van der Waals surface area contributed by atoms with Gasteiger partial charge in [-0.15, -0.1) is 11.8 Å². The lowest BCUT2D eigenvalue weighted by molar-refractivity contribution is -0.137. The van der Waals surface area contributed by atoms with Crippen molar-refractivity contribution in [3.05, 3.63) is 41.2 Å². The molecule has 0 saturated heterocycles. The van der Waals surface area contributed by atoms with E-state index < -0.39 is 23.6 Å². The second kappa shape index (κ2) is 8.26. The van der Waals surface area contributed by atoms with Crippen LogP contribution in [-0.2, 0) is 11.0 Å². The third-order valence-electron chi connectivity index (χ3n) is 3.32. The second-order valence-corrected chi connectivity index (χ2v) is 6.44. The minimum Gasteiger partial charge on any atom is -0.481 e. The van der Waals surface area contributed by atoms with Gasteiger partial charge in [-0.1, -0.05) is 12.1 Å². The molecule has 140 valence electrons. The highest BCUT2D eigenvalue weighted by molar-refractivity contribution is 7.99. The van der Waals surface area contributed by atoms with E-state index in [1.54, 1.807) is 6.92 Å². The average Bonchev–Trinajstić information content (AvgIpc) is 2.95. The molecule has 1 aromatic heterocycles. The fourth-order valence-electron chi connectivity index (χ4n) is 2.14. The van der Waals surface area contributed by atoms with E-state index in [-0.39, 0.29) is 29.4 Å². The minimum absolute atomic E-state index is 0.0585. The highest BCUT2D eigenvalue weighted by atomic mass is 32.2. The first-order chi connectivity index (χ1) is 12.2. The first kappa shape index (κ1) is 19.8. The second-order valence-electron chi connectivity index (χ2n) is 5.34. The van der Waals surface area contributed by atoms with E-state index in [2.05, 4.69) is 15.3 Å². The van der Waals surface area contributed by atoms with Crippen LogP contribution in [0.3, 0.4) is 0 Å². The summed E-state index contributed by atoms with van der Waals surface area (Å²) in [4.78, 5) is 29.4. The molecule has 0 aliphatic carbocycles. The molecule has 26 heavy (non-hydrogen) atoms. The molecule has 1 amide bonds. The van der Waals surface area contributed by atoms with E-state index in [1.807, 2.05) is 0 Å². The summed E-state index contributed by atoms with van der Waals surface area (Å²) in [5.41, 5.74) is -0.0711. The van der Waals surface area contributed by atoms with Crippen molar-refractivity contribution in [3.63, 3.8) is 0 Å². The molecule has 6 nitrogen and oxygen atoms in total. The zero-order valence-electron chi connectivity index (χ0n) is 13.7. The van der Waals surface area contributed by atoms with Crippen LogP contribution in [0.4, 0.5) is 13.2 Å². The van der Waals surface area contributed by atoms with Crippen LogP contribution < -0.4 is 5.32 Å². The predicted octanol–water partition coefficient (Wildman–Crippen LogP) is 2.95. The lowest BCUT2D eigenvalue weighted by atomic mass is 10.1. The van der Waals surface area contributed by atoms with E-state index in [9.17, 15) is 22.8 Å². The van der Waals surface area contributed by atoms with Crippen molar-refractivity contribution in [1.29, 1.82) is 0 Å². The van der Waals surface area contributed by atoms with Crippen molar-refractivity contribution < 1.29 is 27.9 Å². The molecule has 10 heteroatoms. The smallest absolute Gasteiger partial charge is 0.416 e. The third kappa shape index (κ3) is 5.25. The van der Waals surface area contributed by atoms with Gasteiger partial charge >= 0.3 is 12.1 Å². The number of alkyl halides is 3. The molecule has 0 saturated carbocycles. The molecule has 1 aromatic carbocycles. The third-order valence-corrected chi connectivity index (χ3v) is 4.26. The number of carboxylic acid groups (broad SMARTS) is 1. The summed E-state index contributed by atoms with van der Waals surface area (Å²) in [6.07, 6.45) is -4.47. The Bertz CT molecular complexity index is 806. The van der Waals surface area contributed by atoms with Crippen molar-refractivity contribution in [3.8, 4) is 11.4 Å². The highest BCUT2D eigenvalue weighted by Crippen LogP contribution is 2.31. The Morgan fingerprint density at radius 1 is 1.35 bits per heavy atom. The van der Waals surface area contributed by atoms with Gasteiger partial charge in [0, 0.05) is 23.6 Å². The molecular formula is C16H16F3N3O3S. The predicted molar refractivity (Wildman–Crippen MR) is 91.1 cm³/mol. The zero-order chi connectivity index (χ0) is 19.3. The lowest BCUT2D eigenvalue weighted by Crippen LogP contribution is -2.27. The molecule has 3 N–H and O–H groups in total. The van der Waals surface area contributed by atoms with E-state index in [0.29, 0.717) is 11.4 Å². The van der Waals surface area contributed by atoms with Crippen LogP contribution in [0.15, 0.2) is 24.3 Å². The molecule has 0 bridgehead atoms. The molecule has 0 atom stereocenters. The maximum Gasteiger partial charge on any atom is 0.416 e. The summed E-state index contributed by atoms with van der Waals surface area (Å²) in [5.74, 6) is -0.888. The van der Waals surface area contributed by atoms with Gasteiger partial charge in [-0.3, -0.25) is 9.59 Å². The summed E-state index contributed by atoms with van der Waals surface area (Å²) >= 11 is 1.16. The molecule has 0 spiro atoms. The highest BCUT2D eigenvalue weighted by Gasteiger charge is 2.30. The van der Waals surface area contributed by atoms with Crippen LogP contribution in [0.1, 0.15) is 21.7 Å². The number of hydrogen-bond acceptors (Lipinski definition) is 4. The van der Waals surface area contributed by atoms with Gasteiger partial charge in [0.1, 0.15) is 11.5 Å². The number of H-pyrrole nitrogens is 1. The lowest BCUT2D eigenvalue weighted by Gasteiger charge is -2.07. The number of aryl methyl sites for hydroxylation is 1. The van der Waals surface area contributed by atoms with E-state index in [4.69, 9.17) is 5.11 Å². The molecule has 0 aliphatic rings. The largest absolute Gasteiger partial charge is 0.481 e. The first-order valence-corrected chi connectivity index (χ1v) is 8.66. The van der Waals surface area contributed by atoms with Gasteiger partial charge in [-0.05, 0) is 19.1 Å². The normalized spacial score (nSPS) is 11.4. The van der Waals surface area contributed by atoms with Gasteiger partial charge < -0.3 is 15.4 Å². The number of carboxylic acids is 1. The number of halogens is 3. The summed E-state index contributed by atoms with van der Waals surface area (Å²) in [7, 11) is 0. The maximum absolute atomic E-state index is 12.8. The maximum atomic E-state index is 12.8. The number of nitrogens with one attached hydrogen (secondary N) is 2. The Labute approximate surface area is 151 Å². The van der Waals surface area contributed by atoms with Crippen LogP contribution in [0, 0.1) is 6.92 Å². The number of carbonyl (C=O) groups is 2. The topological polar surface area (TPSA) is 95.1 Å². The molecular weight excluding hydrogens is 371 g/mol. The summed E-state index contributed by atoms with van der Waals surface area (Å²) < 4.78 is 38.4. The number of thioether (sulfide) groups is 1. The minimum atomic E-state index is -4.47. The number of nitrogens with zero attached hydrogens (tertiary/aromatic N) is 1. The number of benzene rings is 1. The van der Waals surface area contributed by atoms with Gasteiger partial charge in [0.05, 0.1) is 11.3 Å². The van der Waals surface area contributed by atoms with Crippen LogP contribution in [0.2, 0.25) is 0 Å². The quantitative estimate of drug-likeness (QED) is 0.635. The first-order valence-electron chi connectivity index (χ1n) is 7.50. The fraction of sp³-hybridized carbons (Fsp3) is 0.312. The van der Waals surface area contributed by atoms with Crippen molar-refractivity contribution in [2.45, 2.75) is 13.1 Å². The number of imidazole rings is 1. The van der Waals surface area contributed by atoms with Crippen molar-refractivity contribution in [1.82, 2.24) is 15.3 Å². The van der Waals surface area contributed by atoms with E-state index in [0.717, 1.165) is 23.9 Å². The van der Waals surface area contributed by atoms with Gasteiger partial charge in [-0.25, -0.2) is 4.98 Å². The van der Waals surface area contributed by atoms with Gasteiger partial charge in [0.15, 0.2) is 0 Å². The van der Waals surface area contributed by atoms with Crippen LogP contribution >= 0.6 is 11.8 Å². The average molecular weight is 387 g/mol. The fourth-order valence-corrected chi connectivity index (χ4v) is 2.71. The Hall–Kier alpha value is -2.49. The van der Waals surface area contributed by atoms with Gasteiger partial charge in [0.25, 0.3) is 5.91 Å². The zero-order valence-corrected chi connectivity index (χ0v) is 14.5. The number of rotatable bonds is 7. The number of hydrogen-bond donors (Lipinski definition) is 3. The number of amides is 1. The molecule has 0 fully saturated rings. The molecule has 0 aliphatic heterocycles. The SMILES string of the molecule is Cc1[nH]c(-c2cccc(C(F)(F)F)c2)nc1C(=O)NCCSCC(=O)O. The number of aromatic nitrogens is 2. The summed E-state index contributed by atoms with van der Waals surface area (Å²) in [6, 6.07) is 4.66. The molecule has 0 unspecified atom stereocenters. The molecule has 2 aromatic rings. The Morgan fingerprint density at radius 3 is 2.73 bits per heavy atom. The van der Waals surface area contributed by atoms with Crippen LogP contribution in [-0.4, -0.2) is 45.0 Å². The Balaban J connectivity index is 2.07. The Kier molecular flexibility index (Phi) is 6.30. The monoisotopic (exact) mass is 387 g/mol. The van der Waals surface area contributed by atoms with Gasteiger partial charge in [0.2, 0.25) is 0 Å². The van der Waals surface area contributed by atoms with Crippen molar-refractivity contribution in [2.24, 2.45) is 0 Å². The standard InChI is InChI=1S/C16H16F3N3O3S/c1-9-13(15(25)20-5-6-26-8-12(23)24)22-14(21-9)10-3-2-4-11(7-10)16(17,18)19/h2-4,7H,5-6,8H2,1H3,(H,20,25)(H,21,22)(H,23,24). The van der Waals surface area contributed by atoms with E-state index in [1.165, 1.54) is 12.1 Å². The van der Waals surface area contributed by atoms with Crippen molar-refractivity contribution >= 4 is 23.6 Å². The molecule has 1 heterocycles. The summed E-state index contributed by atoms with van der Waals surface area (Å²) in [5, 5.41) is 11.1. The van der Waals surface area contributed by atoms with Crippen LogP contribution in [0.5, 0.6) is 0 Å². The molecule has 0 radical (unpaired) electrons. The van der Waals surface area contributed by atoms with Crippen LogP contribution in [0.25, 0.3) is 11.4 Å².